The lowest BCUT2D eigenvalue weighted by atomic mass is 10.0. The molecule has 3 rings (SSSR count). The number of amides is 1. The zero-order valence-electron chi connectivity index (χ0n) is 12.3. The first-order valence-corrected chi connectivity index (χ1v) is 9.95. The van der Waals surface area contributed by atoms with Gasteiger partial charge in [-0.2, -0.15) is 4.31 Å². The summed E-state index contributed by atoms with van der Waals surface area (Å²) in [6.45, 7) is 2.88. The van der Waals surface area contributed by atoms with Crippen LogP contribution >= 0.6 is 11.3 Å². The Bertz CT molecular complexity index is 611. The Morgan fingerprint density at radius 2 is 2.23 bits per heavy atom. The summed E-state index contributed by atoms with van der Waals surface area (Å²) < 4.78 is 27.1. The monoisotopic (exact) mass is 343 g/mol. The van der Waals surface area contributed by atoms with Crippen LogP contribution in [0.1, 0.15) is 19.3 Å². The highest BCUT2D eigenvalue weighted by atomic mass is 32.2. The Balaban J connectivity index is 1.71. The molecule has 0 radical (unpaired) electrons. The second kappa shape index (κ2) is 6.66. The number of carbonyl (C=O) groups is 1. The fourth-order valence-electron chi connectivity index (χ4n) is 2.84. The molecule has 2 saturated heterocycles. The van der Waals surface area contributed by atoms with Crippen molar-refractivity contribution < 1.29 is 13.2 Å². The van der Waals surface area contributed by atoms with Crippen molar-refractivity contribution in [2.75, 3.05) is 26.2 Å². The maximum atomic E-state index is 12.7. The molecule has 2 aliphatic heterocycles. The van der Waals surface area contributed by atoms with Gasteiger partial charge >= 0.3 is 0 Å². The number of nitrogens with one attached hydrogen (secondary N) is 2. The summed E-state index contributed by atoms with van der Waals surface area (Å²) in [5.74, 6) is 0.307. The minimum absolute atomic E-state index is 0.160. The van der Waals surface area contributed by atoms with Crippen LogP contribution in [0, 0.1) is 5.92 Å². The molecular formula is C14H21N3O3S2. The predicted molar refractivity (Wildman–Crippen MR) is 85.2 cm³/mol. The van der Waals surface area contributed by atoms with E-state index in [0.29, 0.717) is 29.6 Å². The van der Waals surface area contributed by atoms with Crippen molar-refractivity contribution in [1.82, 2.24) is 14.9 Å². The van der Waals surface area contributed by atoms with E-state index in [0.717, 1.165) is 25.9 Å². The molecular weight excluding hydrogens is 322 g/mol. The van der Waals surface area contributed by atoms with Gasteiger partial charge in [0.1, 0.15) is 10.3 Å². The van der Waals surface area contributed by atoms with Crippen molar-refractivity contribution >= 4 is 27.3 Å². The fourth-order valence-corrected chi connectivity index (χ4v) is 5.61. The fraction of sp³-hybridized carbons (Fsp3) is 0.643. The van der Waals surface area contributed by atoms with Crippen LogP contribution in [0.4, 0.5) is 0 Å². The van der Waals surface area contributed by atoms with E-state index < -0.39 is 16.1 Å². The van der Waals surface area contributed by atoms with Crippen LogP contribution in [0.15, 0.2) is 21.7 Å². The number of thiophene rings is 1. The van der Waals surface area contributed by atoms with E-state index in [9.17, 15) is 13.2 Å². The van der Waals surface area contributed by atoms with E-state index in [1.807, 2.05) is 0 Å². The van der Waals surface area contributed by atoms with Crippen LogP contribution in [0.2, 0.25) is 0 Å². The van der Waals surface area contributed by atoms with E-state index in [2.05, 4.69) is 10.6 Å². The molecule has 1 aromatic heterocycles. The smallest absolute Gasteiger partial charge is 0.253 e. The zero-order valence-corrected chi connectivity index (χ0v) is 14.0. The average molecular weight is 343 g/mol. The Morgan fingerprint density at radius 1 is 1.41 bits per heavy atom. The summed E-state index contributed by atoms with van der Waals surface area (Å²) in [7, 11) is -3.56. The molecule has 1 atom stereocenters. The lowest BCUT2D eigenvalue weighted by Crippen LogP contribution is -2.54. The van der Waals surface area contributed by atoms with Crippen LogP contribution in [-0.4, -0.2) is 50.9 Å². The van der Waals surface area contributed by atoms with Gasteiger partial charge in [-0.25, -0.2) is 8.42 Å². The Labute approximate surface area is 134 Å². The van der Waals surface area contributed by atoms with Crippen LogP contribution in [0.5, 0.6) is 0 Å². The minimum Gasteiger partial charge on any atom is -0.354 e. The summed E-state index contributed by atoms with van der Waals surface area (Å²) in [5, 5.41) is 7.83. The van der Waals surface area contributed by atoms with Gasteiger partial charge in [0.05, 0.1) is 0 Å². The first kappa shape index (κ1) is 15.9. The third kappa shape index (κ3) is 3.19. The highest BCUT2D eigenvalue weighted by molar-refractivity contribution is 7.91. The maximum Gasteiger partial charge on any atom is 0.253 e. The van der Waals surface area contributed by atoms with Gasteiger partial charge in [0.2, 0.25) is 5.91 Å². The van der Waals surface area contributed by atoms with Crippen molar-refractivity contribution in [2.24, 2.45) is 5.92 Å². The SMILES string of the molecule is O=C(NCC1CNC1)C1CCCCN1S(=O)(=O)c1cccs1. The minimum atomic E-state index is -3.56. The van der Waals surface area contributed by atoms with Gasteiger partial charge in [0, 0.05) is 32.1 Å². The maximum absolute atomic E-state index is 12.7. The van der Waals surface area contributed by atoms with Gasteiger partial charge in [-0.3, -0.25) is 4.79 Å². The van der Waals surface area contributed by atoms with Crippen LogP contribution < -0.4 is 10.6 Å². The number of piperidine rings is 1. The lowest BCUT2D eigenvalue weighted by molar-refractivity contribution is -0.125. The summed E-state index contributed by atoms with van der Waals surface area (Å²) >= 11 is 1.20. The highest BCUT2D eigenvalue weighted by Crippen LogP contribution is 2.27. The summed E-state index contributed by atoms with van der Waals surface area (Å²) in [4.78, 5) is 12.4. The van der Waals surface area contributed by atoms with Crippen molar-refractivity contribution in [3.63, 3.8) is 0 Å². The molecule has 22 heavy (non-hydrogen) atoms. The standard InChI is InChI=1S/C14H21N3O3S2/c18-14(16-10-11-8-15-9-11)12-4-1-2-6-17(12)22(19,20)13-5-3-7-21-13/h3,5,7,11-12,15H,1-2,4,6,8-10H2,(H,16,18). The van der Waals surface area contributed by atoms with Gasteiger partial charge in [-0.05, 0) is 24.3 Å². The zero-order chi connectivity index (χ0) is 15.6. The first-order chi connectivity index (χ1) is 10.6. The molecule has 0 spiro atoms. The normalized spacial score (nSPS) is 23.9. The Hall–Kier alpha value is -0.960. The number of hydrogen-bond acceptors (Lipinski definition) is 5. The average Bonchev–Trinajstić information content (AvgIpc) is 3.00. The van der Waals surface area contributed by atoms with Crippen molar-refractivity contribution in [2.45, 2.75) is 29.5 Å². The van der Waals surface area contributed by atoms with Crippen LogP contribution in [0.3, 0.4) is 0 Å². The van der Waals surface area contributed by atoms with Crippen molar-refractivity contribution in [3.8, 4) is 0 Å². The first-order valence-electron chi connectivity index (χ1n) is 7.63. The van der Waals surface area contributed by atoms with Gasteiger partial charge in [-0.1, -0.05) is 12.5 Å². The molecule has 0 bridgehead atoms. The number of hydrogen-bond donors (Lipinski definition) is 2. The van der Waals surface area contributed by atoms with Gasteiger partial charge in [0.15, 0.2) is 0 Å². The highest BCUT2D eigenvalue weighted by Gasteiger charge is 2.38. The second-order valence-electron chi connectivity index (χ2n) is 5.83. The van der Waals surface area contributed by atoms with E-state index in [-0.39, 0.29) is 5.91 Å². The summed E-state index contributed by atoms with van der Waals surface area (Å²) in [6.07, 6.45) is 2.29. The Kier molecular flexibility index (Phi) is 4.82. The molecule has 1 unspecified atom stereocenters. The third-order valence-corrected chi connectivity index (χ3v) is 7.53. The van der Waals surface area contributed by atoms with Crippen molar-refractivity contribution in [1.29, 1.82) is 0 Å². The molecule has 0 aliphatic carbocycles. The number of carbonyl (C=O) groups excluding carboxylic acids is 1. The quantitative estimate of drug-likeness (QED) is 0.822. The molecule has 2 N–H and O–H groups in total. The van der Waals surface area contributed by atoms with Crippen molar-refractivity contribution in [3.05, 3.63) is 17.5 Å². The molecule has 1 aromatic rings. The largest absolute Gasteiger partial charge is 0.354 e. The number of rotatable bonds is 5. The van der Waals surface area contributed by atoms with E-state index >= 15 is 0 Å². The molecule has 122 valence electrons. The molecule has 0 saturated carbocycles. The third-order valence-electron chi connectivity index (χ3n) is 4.25. The van der Waals surface area contributed by atoms with E-state index in [4.69, 9.17) is 0 Å². The lowest BCUT2D eigenvalue weighted by Gasteiger charge is -2.34. The topological polar surface area (TPSA) is 78.5 Å². The second-order valence-corrected chi connectivity index (χ2v) is 8.89. The van der Waals surface area contributed by atoms with Crippen LogP contribution in [0.25, 0.3) is 0 Å². The molecule has 3 heterocycles. The molecule has 2 fully saturated rings. The number of nitrogens with zero attached hydrogens (tertiary/aromatic N) is 1. The van der Waals surface area contributed by atoms with Gasteiger partial charge in [-0.15, -0.1) is 11.3 Å². The molecule has 8 heteroatoms. The number of sulfonamides is 1. The van der Waals surface area contributed by atoms with E-state index in [1.165, 1.54) is 15.6 Å². The van der Waals surface area contributed by atoms with Gasteiger partial charge in [0.25, 0.3) is 10.0 Å². The molecule has 2 aliphatic rings. The van der Waals surface area contributed by atoms with E-state index in [1.54, 1.807) is 17.5 Å². The Morgan fingerprint density at radius 3 is 2.86 bits per heavy atom. The molecule has 0 aromatic carbocycles. The summed E-state index contributed by atoms with van der Waals surface area (Å²) in [6, 6.07) is 2.75. The molecule has 1 amide bonds. The van der Waals surface area contributed by atoms with Crippen LogP contribution in [-0.2, 0) is 14.8 Å². The molecule has 6 nitrogen and oxygen atoms in total. The summed E-state index contributed by atoms with van der Waals surface area (Å²) in [5.41, 5.74) is 0. The predicted octanol–water partition coefficient (Wildman–Crippen LogP) is 0.627. The van der Waals surface area contributed by atoms with Gasteiger partial charge < -0.3 is 10.6 Å².